The molecule has 0 bridgehead atoms. The van der Waals surface area contributed by atoms with Crippen molar-refractivity contribution in [1.82, 2.24) is 15.3 Å². The van der Waals surface area contributed by atoms with E-state index in [2.05, 4.69) is 15.3 Å². The summed E-state index contributed by atoms with van der Waals surface area (Å²) in [5.41, 5.74) is 1.22. The third-order valence-corrected chi connectivity index (χ3v) is 4.38. The first-order valence-electron chi connectivity index (χ1n) is 7.73. The number of methoxy groups -OCH3 is 2. The number of rotatable bonds is 8. The minimum atomic E-state index is -0.314. The molecule has 1 amide bonds. The number of hydrogen-bond acceptors (Lipinski definition) is 6. The van der Waals surface area contributed by atoms with Gasteiger partial charge in [0.15, 0.2) is 22.3 Å². The number of hydrogen-bond donors (Lipinski definition) is 1. The highest BCUT2D eigenvalue weighted by Gasteiger charge is 2.14. The molecule has 1 N–H and O–H groups in total. The summed E-state index contributed by atoms with van der Waals surface area (Å²) in [6.07, 6.45) is 2.10. The van der Waals surface area contributed by atoms with Gasteiger partial charge in [0.05, 0.1) is 25.4 Å². The van der Waals surface area contributed by atoms with E-state index >= 15 is 0 Å². The smallest absolute Gasteiger partial charge is 0.271 e. The van der Waals surface area contributed by atoms with E-state index in [1.165, 1.54) is 18.0 Å². The lowest BCUT2D eigenvalue weighted by molar-refractivity contribution is 0.0948. The molecule has 0 aliphatic carbocycles. The second-order valence-corrected chi connectivity index (χ2v) is 6.62. The van der Waals surface area contributed by atoms with Crippen molar-refractivity contribution < 1.29 is 14.3 Å². The van der Waals surface area contributed by atoms with Crippen molar-refractivity contribution in [3.8, 4) is 11.5 Å². The number of carbonyl (C=O) groups excluding carboxylic acids is 1. The van der Waals surface area contributed by atoms with Crippen LogP contribution in [0.5, 0.6) is 11.5 Å². The number of carbonyl (C=O) groups is 1. The molecule has 2 aromatic rings. The second-order valence-electron chi connectivity index (χ2n) is 4.98. The summed E-state index contributed by atoms with van der Waals surface area (Å²) in [6.45, 7) is 2.44. The number of benzene rings is 1. The maximum absolute atomic E-state index is 12.3. The molecule has 0 spiro atoms. The van der Waals surface area contributed by atoms with Gasteiger partial charge in [-0.05, 0) is 29.9 Å². The van der Waals surface area contributed by atoms with Crippen molar-refractivity contribution in [3.63, 3.8) is 0 Å². The molecule has 25 heavy (non-hydrogen) atoms. The first-order chi connectivity index (χ1) is 12.1. The maximum atomic E-state index is 12.3. The van der Waals surface area contributed by atoms with Gasteiger partial charge >= 0.3 is 0 Å². The largest absolute Gasteiger partial charge is 0.493 e. The van der Waals surface area contributed by atoms with E-state index in [1.807, 2.05) is 25.1 Å². The maximum Gasteiger partial charge on any atom is 0.271 e. The van der Waals surface area contributed by atoms with Gasteiger partial charge in [0.1, 0.15) is 0 Å². The van der Waals surface area contributed by atoms with Gasteiger partial charge in [0, 0.05) is 6.54 Å². The topological polar surface area (TPSA) is 73.3 Å². The van der Waals surface area contributed by atoms with Gasteiger partial charge in [-0.1, -0.05) is 36.4 Å². The molecular weight excluding hydrogens is 362 g/mol. The molecule has 2 rings (SSSR count). The Morgan fingerprint density at radius 3 is 2.72 bits per heavy atom. The Bertz CT molecular complexity index is 743. The van der Waals surface area contributed by atoms with Crippen LogP contribution in [0.2, 0.25) is 5.02 Å². The highest BCUT2D eigenvalue weighted by atomic mass is 35.5. The van der Waals surface area contributed by atoms with E-state index in [0.29, 0.717) is 29.6 Å². The summed E-state index contributed by atoms with van der Waals surface area (Å²) in [4.78, 5) is 20.6. The molecule has 6 nitrogen and oxygen atoms in total. The zero-order valence-electron chi connectivity index (χ0n) is 14.3. The van der Waals surface area contributed by atoms with Gasteiger partial charge in [-0.3, -0.25) is 4.79 Å². The quantitative estimate of drug-likeness (QED) is 0.559. The fourth-order valence-corrected chi connectivity index (χ4v) is 2.87. The molecule has 1 aromatic heterocycles. The van der Waals surface area contributed by atoms with Gasteiger partial charge in [-0.15, -0.1) is 0 Å². The van der Waals surface area contributed by atoms with Crippen LogP contribution in [0.25, 0.3) is 0 Å². The van der Waals surface area contributed by atoms with E-state index in [1.54, 1.807) is 14.2 Å². The van der Waals surface area contributed by atoms with Crippen molar-refractivity contribution in [3.05, 3.63) is 40.7 Å². The Balaban J connectivity index is 1.98. The molecule has 0 atom stereocenters. The summed E-state index contributed by atoms with van der Waals surface area (Å²) >= 11 is 7.49. The Hall–Kier alpha value is -1.99. The SMILES string of the molecule is CCSc1ncc(Cl)c(C(=O)NCCc2ccc(OC)c(OC)c2)n1. The van der Waals surface area contributed by atoms with Crippen LogP contribution < -0.4 is 14.8 Å². The number of aromatic nitrogens is 2. The Kier molecular flexibility index (Phi) is 7.33. The Morgan fingerprint density at radius 2 is 2.04 bits per heavy atom. The number of halogens is 1. The average Bonchev–Trinajstić information content (AvgIpc) is 2.63. The van der Waals surface area contributed by atoms with E-state index in [9.17, 15) is 4.79 Å². The molecule has 0 saturated heterocycles. The standard InChI is InChI=1S/C17H20ClN3O3S/c1-4-25-17-20-10-12(18)15(21-17)16(22)19-8-7-11-5-6-13(23-2)14(9-11)24-3/h5-6,9-10H,4,7-8H2,1-3H3,(H,19,22). The monoisotopic (exact) mass is 381 g/mol. The fourth-order valence-electron chi connectivity index (χ4n) is 2.15. The number of amides is 1. The lowest BCUT2D eigenvalue weighted by Crippen LogP contribution is -2.27. The molecule has 0 aliphatic heterocycles. The summed E-state index contributed by atoms with van der Waals surface area (Å²) in [6, 6.07) is 5.66. The first-order valence-corrected chi connectivity index (χ1v) is 9.09. The van der Waals surface area contributed by atoms with Gasteiger partial charge in [0.25, 0.3) is 5.91 Å². The number of nitrogens with zero attached hydrogens (tertiary/aromatic N) is 2. The highest BCUT2D eigenvalue weighted by Crippen LogP contribution is 2.27. The second kappa shape index (κ2) is 9.48. The van der Waals surface area contributed by atoms with Gasteiger partial charge in [0.2, 0.25) is 0 Å². The summed E-state index contributed by atoms with van der Waals surface area (Å²) in [5.74, 6) is 1.84. The third kappa shape index (κ3) is 5.24. The number of nitrogens with one attached hydrogen (secondary N) is 1. The van der Waals surface area contributed by atoms with Crippen LogP contribution in [0.4, 0.5) is 0 Å². The van der Waals surface area contributed by atoms with Crippen LogP contribution in [0, 0.1) is 0 Å². The molecule has 1 heterocycles. The van der Waals surface area contributed by atoms with E-state index in [-0.39, 0.29) is 16.6 Å². The zero-order valence-corrected chi connectivity index (χ0v) is 15.9. The minimum absolute atomic E-state index is 0.194. The fraction of sp³-hybridized carbons (Fsp3) is 0.353. The van der Waals surface area contributed by atoms with Crippen molar-refractivity contribution in [2.75, 3.05) is 26.5 Å². The number of thioether (sulfide) groups is 1. The van der Waals surface area contributed by atoms with Crippen molar-refractivity contribution in [1.29, 1.82) is 0 Å². The van der Waals surface area contributed by atoms with Crippen molar-refractivity contribution >= 4 is 29.3 Å². The summed E-state index contributed by atoms with van der Waals surface area (Å²) in [7, 11) is 3.18. The van der Waals surface area contributed by atoms with Gasteiger partial charge in [-0.25, -0.2) is 9.97 Å². The predicted molar refractivity (Wildman–Crippen MR) is 99.0 cm³/mol. The van der Waals surface area contributed by atoms with Gasteiger partial charge < -0.3 is 14.8 Å². The van der Waals surface area contributed by atoms with Crippen LogP contribution in [0.1, 0.15) is 23.0 Å². The van der Waals surface area contributed by atoms with E-state index in [4.69, 9.17) is 21.1 Å². The van der Waals surface area contributed by atoms with Crippen LogP contribution in [0.3, 0.4) is 0 Å². The molecule has 0 aliphatic rings. The predicted octanol–water partition coefficient (Wildman–Crippen LogP) is 3.23. The summed E-state index contributed by atoms with van der Waals surface area (Å²) in [5, 5.41) is 3.61. The van der Waals surface area contributed by atoms with Gasteiger partial charge in [-0.2, -0.15) is 0 Å². The molecule has 8 heteroatoms. The van der Waals surface area contributed by atoms with Crippen LogP contribution in [0.15, 0.2) is 29.6 Å². The molecule has 134 valence electrons. The zero-order chi connectivity index (χ0) is 18.2. The summed E-state index contributed by atoms with van der Waals surface area (Å²) < 4.78 is 10.5. The van der Waals surface area contributed by atoms with Crippen LogP contribution in [-0.4, -0.2) is 42.4 Å². The van der Waals surface area contributed by atoms with E-state index < -0.39 is 0 Å². The first kappa shape index (κ1) is 19.3. The Labute approximate surface area is 156 Å². The molecule has 1 aromatic carbocycles. The normalized spacial score (nSPS) is 10.4. The Morgan fingerprint density at radius 1 is 1.28 bits per heavy atom. The van der Waals surface area contributed by atoms with E-state index in [0.717, 1.165) is 11.3 Å². The molecule has 0 saturated carbocycles. The van der Waals surface area contributed by atoms with Crippen LogP contribution in [-0.2, 0) is 6.42 Å². The minimum Gasteiger partial charge on any atom is -0.493 e. The third-order valence-electron chi connectivity index (χ3n) is 3.36. The molecule has 0 radical (unpaired) electrons. The number of ether oxygens (including phenoxy) is 2. The van der Waals surface area contributed by atoms with Crippen molar-refractivity contribution in [2.24, 2.45) is 0 Å². The molecular formula is C17H20ClN3O3S. The van der Waals surface area contributed by atoms with Crippen molar-refractivity contribution in [2.45, 2.75) is 18.5 Å². The average molecular weight is 382 g/mol. The lowest BCUT2D eigenvalue weighted by atomic mass is 10.1. The lowest BCUT2D eigenvalue weighted by Gasteiger charge is -2.10. The van der Waals surface area contributed by atoms with Crippen LogP contribution >= 0.6 is 23.4 Å². The molecule has 0 fully saturated rings. The highest BCUT2D eigenvalue weighted by molar-refractivity contribution is 7.99. The molecule has 0 unspecified atom stereocenters.